The van der Waals surface area contributed by atoms with Gasteiger partial charge in [-0.25, -0.2) is 9.37 Å². The summed E-state index contributed by atoms with van der Waals surface area (Å²) >= 11 is 0. The number of hydrogen-bond donors (Lipinski definition) is 3. The highest BCUT2D eigenvalue weighted by Gasteiger charge is 2.38. The number of primary amides is 1. The van der Waals surface area contributed by atoms with Crippen LogP contribution in [0.4, 0.5) is 4.39 Å². The number of nitrogens with two attached hydrogens (primary N) is 1. The third-order valence-corrected chi connectivity index (χ3v) is 6.05. The molecule has 2 bridgehead atoms. The first kappa shape index (κ1) is 18.6. The Morgan fingerprint density at radius 3 is 2.70 bits per heavy atom. The second-order valence-corrected chi connectivity index (χ2v) is 7.92. The van der Waals surface area contributed by atoms with Gasteiger partial charge in [0.25, 0.3) is 11.8 Å². The number of carbonyl (C=O) groups excluding carboxylic acids is 2. The molecule has 1 aromatic heterocycles. The highest BCUT2D eigenvalue weighted by atomic mass is 19.1. The predicted octanol–water partition coefficient (Wildman–Crippen LogP) is 1.76. The first-order valence-corrected chi connectivity index (χ1v) is 9.76. The Hall–Kier alpha value is -3.44. The summed E-state index contributed by atoms with van der Waals surface area (Å²) in [5.74, 6) is 4.13. The summed E-state index contributed by atoms with van der Waals surface area (Å²) in [7, 11) is 1.47. The number of aromatic nitrogens is 2. The third kappa shape index (κ3) is 2.59. The number of benzene rings is 1. The molecule has 7 nitrogen and oxygen atoms in total. The third-order valence-electron chi connectivity index (χ3n) is 6.05. The molecule has 0 saturated heterocycles. The molecule has 8 heteroatoms. The summed E-state index contributed by atoms with van der Waals surface area (Å²) in [6, 6.07) is 2.79. The summed E-state index contributed by atoms with van der Waals surface area (Å²) in [5.41, 5.74) is 6.69. The van der Waals surface area contributed by atoms with Crippen molar-refractivity contribution in [1.29, 1.82) is 0 Å². The Labute approximate surface area is 171 Å². The van der Waals surface area contributed by atoms with Crippen molar-refractivity contribution < 1.29 is 19.1 Å². The summed E-state index contributed by atoms with van der Waals surface area (Å²) < 4.78 is 16.5. The van der Waals surface area contributed by atoms with Gasteiger partial charge >= 0.3 is 0 Å². The van der Waals surface area contributed by atoms with Crippen LogP contribution in [0, 0.1) is 17.7 Å². The molecule has 1 fully saturated rings. The van der Waals surface area contributed by atoms with Crippen molar-refractivity contribution in [3.63, 3.8) is 0 Å². The van der Waals surface area contributed by atoms with Crippen molar-refractivity contribution in [2.75, 3.05) is 7.05 Å². The maximum absolute atomic E-state index is 14.8. The number of nitrogens with one attached hydrogen (secondary N) is 1. The van der Waals surface area contributed by atoms with E-state index in [4.69, 9.17) is 5.73 Å². The summed E-state index contributed by atoms with van der Waals surface area (Å²) in [6.45, 7) is 0. The maximum atomic E-state index is 14.8. The van der Waals surface area contributed by atoms with E-state index in [-0.39, 0.29) is 23.0 Å². The number of aliphatic hydroxyl groups is 1. The molecule has 4 N–H and O–H groups in total. The van der Waals surface area contributed by atoms with Crippen molar-refractivity contribution in [3.05, 3.63) is 46.5 Å². The monoisotopic (exact) mass is 406 g/mol. The van der Waals surface area contributed by atoms with Crippen LogP contribution in [0.15, 0.2) is 18.2 Å². The molecule has 4 aliphatic rings. The Balaban J connectivity index is 1.73. The van der Waals surface area contributed by atoms with Gasteiger partial charge in [-0.05, 0) is 49.0 Å². The van der Waals surface area contributed by atoms with Gasteiger partial charge in [0, 0.05) is 12.6 Å². The zero-order chi connectivity index (χ0) is 21.2. The number of hydrogen-bond acceptors (Lipinski definition) is 4. The van der Waals surface area contributed by atoms with Gasteiger partial charge in [-0.15, -0.1) is 0 Å². The van der Waals surface area contributed by atoms with Crippen LogP contribution in [-0.2, 0) is 0 Å². The molecule has 0 radical (unpaired) electrons. The largest absolute Gasteiger partial charge is 0.378 e. The van der Waals surface area contributed by atoms with Gasteiger partial charge in [0.1, 0.15) is 22.9 Å². The van der Waals surface area contributed by atoms with Crippen molar-refractivity contribution in [1.82, 2.24) is 14.9 Å². The van der Waals surface area contributed by atoms with Gasteiger partial charge in [-0.3, -0.25) is 9.59 Å². The molecule has 2 aromatic rings. The number of imidazole rings is 1. The molecule has 152 valence electrons. The van der Waals surface area contributed by atoms with Crippen molar-refractivity contribution >= 4 is 17.4 Å². The summed E-state index contributed by atoms with van der Waals surface area (Å²) in [4.78, 5) is 28.9. The summed E-state index contributed by atoms with van der Waals surface area (Å²) in [6.07, 6.45) is 4.55. The van der Waals surface area contributed by atoms with Crippen LogP contribution < -0.4 is 11.1 Å². The van der Waals surface area contributed by atoms with Gasteiger partial charge in [0.15, 0.2) is 5.69 Å². The summed E-state index contributed by atoms with van der Waals surface area (Å²) in [5, 5.41) is 12.8. The zero-order valence-electron chi connectivity index (χ0n) is 16.3. The van der Waals surface area contributed by atoms with Gasteiger partial charge in [0.05, 0.1) is 11.6 Å². The van der Waals surface area contributed by atoms with E-state index in [1.54, 1.807) is 10.6 Å². The van der Waals surface area contributed by atoms with Gasteiger partial charge in [-0.1, -0.05) is 17.9 Å². The standard InChI is InChI=1S/C22H19FN4O3/c1-25-21(29)18-17(19(24)28)26-20-15-9-11(3-6-22(30)4-2-5-22)16(23)10-14(15)12-7-13(8-12)27(18)20/h7,9-10,13,30H,2,4-5,8H2,1H3,(H2,24,28)(H,25,29). The van der Waals surface area contributed by atoms with Crippen LogP contribution in [0.5, 0.6) is 0 Å². The quantitative estimate of drug-likeness (QED) is 0.660. The second-order valence-electron chi connectivity index (χ2n) is 7.92. The van der Waals surface area contributed by atoms with E-state index in [0.717, 1.165) is 12.0 Å². The van der Waals surface area contributed by atoms with Gasteiger partial charge in [-0.2, -0.15) is 0 Å². The van der Waals surface area contributed by atoms with E-state index in [1.807, 2.05) is 6.08 Å². The maximum Gasteiger partial charge on any atom is 0.270 e. The van der Waals surface area contributed by atoms with E-state index >= 15 is 0 Å². The number of rotatable bonds is 2. The average Bonchev–Trinajstić information content (AvgIpc) is 2.93. The lowest BCUT2D eigenvalue weighted by Gasteiger charge is -2.30. The van der Waals surface area contributed by atoms with Crippen LogP contribution in [0.25, 0.3) is 17.0 Å². The molecule has 0 spiro atoms. The molecule has 2 aliphatic heterocycles. The van der Waals surface area contributed by atoms with E-state index in [1.165, 1.54) is 13.1 Å². The van der Waals surface area contributed by atoms with Crippen LogP contribution >= 0.6 is 0 Å². The Morgan fingerprint density at radius 1 is 1.37 bits per heavy atom. The minimum absolute atomic E-state index is 0.0916. The second kappa shape index (κ2) is 6.28. The van der Waals surface area contributed by atoms with Crippen molar-refractivity contribution in [2.24, 2.45) is 5.73 Å². The molecule has 1 saturated carbocycles. The van der Waals surface area contributed by atoms with E-state index < -0.39 is 23.2 Å². The number of carbonyl (C=O) groups is 2. The number of amides is 2. The Kier molecular flexibility index (Phi) is 3.89. The molecular weight excluding hydrogens is 387 g/mol. The van der Waals surface area contributed by atoms with E-state index in [2.05, 4.69) is 22.1 Å². The molecule has 6 rings (SSSR count). The fourth-order valence-electron chi connectivity index (χ4n) is 4.18. The van der Waals surface area contributed by atoms with E-state index in [0.29, 0.717) is 36.2 Å². The molecule has 1 aromatic carbocycles. The highest BCUT2D eigenvalue weighted by Crippen LogP contribution is 2.48. The number of allylic oxidation sites excluding steroid dienone is 2. The Bertz CT molecular complexity index is 1230. The van der Waals surface area contributed by atoms with Crippen LogP contribution in [0.1, 0.15) is 63.8 Å². The van der Waals surface area contributed by atoms with Gasteiger partial charge in [0.2, 0.25) is 0 Å². The molecule has 3 heterocycles. The number of halogens is 1. The number of nitrogens with zero attached hydrogens (tertiary/aromatic N) is 2. The molecule has 30 heavy (non-hydrogen) atoms. The zero-order valence-corrected chi connectivity index (χ0v) is 16.3. The average molecular weight is 406 g/mol. The lowest BCUT2D eigenvalue weighted by molar-refractivity contribution is 0.0239. The first-order chi connectivity index (χ1) is 14.3. The topological polar surface area (TPSA) is 110 Å². The Morgan fingerprint density at radius 2 is 2.10 bits per heavy atom. The van der Waals surface area contributed by atoms with Gasteiger partial charge < -0.3 is 20.7 Å². The molecular formula is C22H19FN4O3. The fraction of sp³-hybridized carbons (Fsp3) is 0.318. The molecule has 1 atom stereocenters. The van der Waals surface area contributed by atoms with Crippen LogP contribution in [0.3, 0.4) is 0 Å². The lowest BCUT2D eigenvalue weighted by atomic mass is 9.81. The lowest BCUT2D eigenvalue weighted by Crippen LogP contribution is -2.34. The molecule has 2 aliphatic carbocycles. The van der Waals surface area contributed by atoms with E-state index in [9.17, 15) is 19.1 Å². The smallest absolute Gasteiger partial charge is 0.270 e. The normalized spacial score (nSPS) is 19.6. The molecule has 2 amide bonds. The van der Waals surface area contributed by atoms with Crippen LogP contribution in [0.2, 0.25) is 0 Å². The fourth-order valence-corrected chi connectivity index (χ4v) is 4.18. The minimum atomic E-state index is -1.06. The van der Waals surface area contributed by atoms with Crippen molar-refractivity contribution in [3.8, 4) is 23.2 Å². The highest BCUT2D eigenvalue weighted by molar-refractivity contribution is 6.06. The predicted molar refractivity (Wildman–Crippen MR) is 107 cm³/mol. The SMILES string of the molecule is CNC(=O)c1c(C(N)=O)nc2n1C1C=C(C1)c1cc(F)c(C#CC3(O)CCC3)cc1-2. The first-order valence-electron chi connectivity index (χ1n) is 9.76. The molecule has 1 unspecified atom stereocenters. The van der Waals surface area contributed by atoms with Crippen molar-refractivity contribution in [2.45, 2.75) is 37.3 Å². The minimum Gasteiger partial charge on any atom is -0.378 e. The van der Waals surface area contributed by atoms with Crippen LogP contribution in [-0.4, -0.2) is 39.1 Å².